The van der Waals surface area contributed by atoms with E-state index in [1.807, 2.05) is 0 Å². The van der Waals surface area contributed by atoms with Crippen molar-refractivity contribution in [3.8, 4) is 0 Å². The van der Waals surface area contributed by atoms with E-state index in [1.54, 1.807) is 19.1 Å². The Morgan fingerprint density at radius 1 is 1.19 bits per heavy atom. The molecule has 0 radical (unpaired) electrons. The highest BCUT2D eigenvalue weighted by Gasteiger charge is 2.24. The molecule has 0 bridgehead atoms. The highest BCUT2D eigenvalue weighted by molar-refractivity contribution is 5.86. The van der Waals surface area contributed by atoms with Crippen LogP contribution in [0.1, 0.15) is 51.1 Å². The summed E-state index contributed by atoms with van der Waals surface area (Å²) in [5, 5.41) is 2.72. The van der Waals surface area contributed by atoms with Crippen molar-refractivity contribution in [2.75, 3.05) is 13.1 Å². The third-order valence-corrected chi connectivity index (χ3v) is 4.40. The second-order valence-corrected chi connectivity index (χ2v) is 6.54. The fourth-order valence-corrected chi connectivity index (χ4v) is 2.82. The van der Waals surface area contributed by atoms with E-state index in [1.165, 1.54) is 24.0 Å². The van der Waals surface area contributed by atoms with Crippen LogP contribution in [0.25, 0.3) is 0 Å². The number of nitrogens with one attached hydrogen (secondary N) is 1. The monoisotopic (exact) mass is 364 g/mol. The standard InChI is InChI=1S/C19H25FN2O4/c1-13(15-7-9-16(20)10-8-15)21-19(25)14(2)26-18(24)12-22-11-5-3-4-6-17(22)23/h7-10,13-14H,3-6,11-12H2,1-2H3,(H,21,25)/t13-,14+/m1/s1. The number of amides is 2. The van der Waals surface area contributed by atoms with Gasteiger partial charge in [-0.15, -0.1) is 0 Å². The summed E-state index contributed by atoms with van der Waals surface area (Å²) in [7, 11) is 0. The molecule has 0 aromatic heterocycles. The topological polar surface area (TPSA) is 75.7 Å². The number of hydrogen-bond acceptors (Lipinski definition) is 4. The van der Waals surface area contributed by atoms with Crippen molar-refractivity contribution in [2.45, 2.75) is 51.7 Å². The van der Waals surface area contributed by atoms with Crippen LogP contribution in [-0.2, 0) is 19.1 Å². The third kappa shape index (κ3) is 5.82. The molecular weight excluding hydrogens is 339 g/mol. The summed E-state index contributed by atoms with van der Waals surface area (Å²) in [6.07, 6.45) is 2.14. The Labute approximate surface area is 152 Å². The van der Waals surface area contributed by atoms with E-state index >= 15 is 0 Å². The van der Waals surface area contributed by atoms with E-state index in [4.69, 9.17) is 4.74 Å². The second-order valence-electron chi connectivity index (χ2n) is 6.54. The molecule has 1 fully saturated rings. The molecule has 2 rings (SSSR count). The van der Waals surface area contributed by atoms with Crippen LogP contribution in [0.2, 0.25) is 0 Å². The Balaban J connectivity index is 1.82. The van der Waals surface area contributed by atoms with E-state index < -0.39 is 18.0 Å². The first-order chi connectivity index (χ1) is 12.4. The summed E-state index contributed by atoms with van der Waals surface area (Å²) < 4.78 is 18.1. The molecule has 1 aliphatic heterocycles. The van der Waals surface area contributed by atoms with Crippen molar-refractivity contribution in [3.63, 3.8) is 0 Å². The normalized spacial score (nSPS) is 17.2. The SMILES string of the molecule is C[C@H](OC(=O)CN1CCCCCC1=O)C(=O)N[C@H](C)c1ccc(F)cc1. The van der Waals surface area contributed by atoms with Crippen molar-refractivity contribution < 1.29 is 23.5 Å². The lowest BCUT2D eigenvalue weighted by molar-refractivity contribution is -0.157. The number of carbonyl (C=O) groups is 3. The fourth-order valence-electron chi connectivity index (χ4n) is 2.82. The predicted molar refractivity (Wildman–Crippen MR) is 93.6 cm³/mol. The lowest BCUT2D eigenvalue weighted by Gasteiger charge is -2.22. The number of benzene rings is 1. The maximum absolute atomic E-state index is 13.0. The van der Waals surface area contributed by atoms with Crippen molar-refractivity contribution in [3.05, 3.63) is 35.6 Å². The Morgan fingerprint density at radius 2 is 1.88 bits per heavy atom. The maximum atomic E-state index is 13.0. The van der Waals surface area contributed by atoms with Crippen molar-refractivity contribution in [1.82, 2.24) is 10.2 Å². The van der Waals surface area contributed by atoms with Gasteiger partial charge in [0.2, 0.25) is 5.91 Å². The zero-order valence-corrected chi connectivity index (χ0v) is 15.2. The van der Waals surface area contributed by atoms with Crippen LogP contribution in [0, 0.1) is 5.82 Å². The van der Waals surface area contributed by atoms with Crippen LogP contribution >= 0.6 is 0 Å². The number of rotatable bonds is 6. The van der Waals surface area contributed by atoms with Gasteiger partial charge in [-0.2, -0.15) is 0 Å². The van der Waals surface area contributed by atoms with E-state index in [2.05, 4.69) is 5.32 Å². The second kappa shape index (κ2) is 9.31. The van der Waals surface area contributed by atoms with Gasteiger partial charge in [0.15, 0.2) is 6.10 Å². The van der Waals surface area contributed by atoms with E-state index in [0.29, 0.717) is 13.0 Å². The van der Waals surface area contributed by atoms with Gasteiger partial charge in [-0.1, -0.05) is 18.6 Å². The molecule has 1 saturated heterocycles. The molecule has 1 aliphatic rings. The van der Waals surface area contributed by atoms with Gasteiger partial charge in [0, 0.05) is 13.0 Å². The molecular formula is C19H25FN2O4. The summed E-state index contributed by atoms with van der Waals surface area (Å²) >= 11 is 0. The van der Waals surface area contributed by atoms with Gasteiger partial charge in [0.25, 0.3) is 5.91 Å². The minimum Gasteiger partial charge on any atom is -0.451 e. The van der Waals surface area contributed by atoms with Gasteiger partial charge in [-0.25, -0.2) is 4.39 Å². The molecule has 0 spiro atoms. The summed E-state index contributed by atoms with van der Waals surface area (Å²) in [6, 6.07) is 5.46. The first-order valence-electron chi connectivity index (χ1n) is 8.90. The molecule has 0 unspecified atom stereocenters. The quantitative estimate of drug-likeness (QED) is 0.786. The van der Waals surface area contributed by atoms with Gasteiger partial charge in [-0.05, 0) is 44.4 Å². The maximum Gasteiger partial charge on any atom is 0.326 e. The average Bonchev–Trinajstić information content (AvgIpc) is 2.79. The Bertz CT molecular complexity index is 647. The molecule has 1 aromatic rings. The van der Waals surface area contributed by atoms with Crippen molar-refractivity contribution >= 4 is 17.8 Å². The minimum atomic E-state index is -0.979. The number of likely N-dealkylation sites (tertiary alicyclic amines) is 1. The molecule has 7 heteroatoms. The van der Waals surface area contributed by atoms with Crippen molar-refractivity contribution in [1.29, 1.82) is 0 Å². The summed E-state index contributed by atoms with van der Waals surface area (Å²) in [5.74, 6) is -1.45. The zero-order chi connectivity index (χ0) is 19.1. The first-order valence-corrected chi connectivity index (χ1v) is 8.90. The molecule has 1 N–H and O–H groups in total. The van der Waals surface area contributed by atoms with E-state index in [0.717, 1.165) is 24.8 Å². The molecule has 1 aromatic carbocycles. The Kier molecular flexibility index (Phi) is 7.12. The number of carbonyl (C=O) groups excluding carboxylic acids is 3. The Morgan fingerprint density at radius 3 is 2.58 bits per heavy atom. The van der Waals surface area contributed by atoms with Crippen LogP contribution in [0.4, 0.5) is 4.39 Å². The molecule has 6 nitrogen and oxygen atoms in total. The van der Waals surface area contributed by atoms with Gasteiger partial charge in [0.05, 0.1) is 6.04 Å². The average molecular weight is 364 g/mol. The lowest BCUT2D eigenvalue weighted by Crippen LogP contribution is -2.41. The summed E-state index contributed by atoms with van der Waals surface area (Å²) in [5.41, 5.74) is 0.744. The Hall–Kier alpha value is -2.44. The smallest absolute Gasteiger partial charge is 0.326 e. The molecule has 0 saturated carbocycles. The number of halogens is 1. The van der Waals surface area contributed by atoms with Crippen molar-refractivity contribution in [2.24, 2.45) is 0 Å². The summed E-state index contributed by atoms with van der Waals surface area (Å²) in [6.45, 7) is 3.64. The van der Waals surface area contributed by atoms with Gasteiger partial charge < -0.3 is 15.0 Å². The largest absolute Gasteiger partial charge is 0.451 e. The van der Waals surface area contributed by atoms with Gasteiger partial charge in [-0.3, -0.25) is 14.4 Å². The van der Waals surface area contributed by atoms with Crippen LogP contribution < -0.4 is 5.32 Å². The zero-order valence-electron chi connectivity index (χ0n) is 15.2. The summed E-state index contributed by atoms with van der Waals surface area (Å²) in [4.78, 5) is 37.6. The molecule has 1 heterocycles. The predicted octanol–water partition coefficient (Wildman–Crippen LogP) is 2.34. The van der Waals surface area contributed by atoms with Crippen LogP contribution in [0.3, 0.4) is 0 Å². The fraction of sp³-hybridized carbons (Fsp3) is 0.526. The van der Waals surface area contributed by atoms with Gasteiger partial charge >= 0.3 is 5.97 Å². The van der Waals surface area contributed by atoms with Crippen LogP contribution in [0.15, 0.2) is 24.3 Å². The van der Waals surface area contributed by atoms with Crippen LogP contribution in [-0.4, -0.2) is 41.9 Å². The molecule has 26 heavy (non-hydrogen) atoms. The number of nitrogens with zero attached hydrogens (tertiary/aromatic N) is 1. The number of hydrogen-bond donors (Lipinski definition) is 1. The number of esters is 1. The molecule has 142 valence electrons. The van der Waals surface area contributed by atoms with E-state index in [9.17, 15) is 18.8 Å². The highest BCUT2D eigenvalue weighted by atomic mass is 19.1. The first kappa shape index (κ1) is 19.9. The molecule has 0 aliphatic carbocycles. The third-order valence-electron chi connectivity index (χ3n) is 4.40. The molecule has 2 atom stereocenters. The lowest BCUT2D eigenvalue weighted by atomic mass is 10.1. The van der Waals surface area contributed by atoms with Gasteiger partial charge in [0.1, 0.15) is 12.4 Å². The van der Waals surface area contributed by atoms with Crippen LogP contribution in [0.5, 0.6) is 0 Å². The highest BCUT2D eigenvalue weighted by Crippen LogP contribution is 2.14. The minimum absolute atomic E-state index is 0.0542. The molecule has 2 amide bonds. The number of ether oxygens (including phenoxy) is 1. The van der Waals surface area contributed by atoms with E-state index in [-0.39, 0.29) is 24.3 Å².